The molecule has 1 nitrogen and oxygen atoms in total. The van der Waals surface area contributed by atoms with Gasteiger partial charge in [0, 0.05) is 6.04 Å². The molecule has 1 atom stereocenters. The van der Waals surface area contributed by atoms with E-state index in [1.807, 2.05) is 0 Å². The Morgan fingerprint density at radius 3 is 1.57 bits per heavy atom. The Hall–Kier alpha value is -0.0400. The molecule has 21 heavy (non-hydrogen) atoms. The lowest BCUT2D eigenvalue weighted by Gasteiger charge is -2.24. The third kappa shape index (κ3) is 14.7. The van der Waals surface area contributed by atoms with E-state index in [1.54, 1.807) is 0 Å². The zero-order chi connectivity index (χ0) is 15.8. The molecule has 0 aliphatic carbocycles. The van der Waals surface area contributed by atoms with Crippen LogP contribution in [-0.4, -0.2) is 24.5 Å². The lowest BCUT2D eigenvalue weighted by Crippen LogP contribution is -2.29. The van der Waals surface area contributed by atoms with Crippen LogP contribution in [0.1, 0.15) is 111 Å². The Balaban J connectivity index is 3.34. The van der Waals surface area contributed by atoms with Gasteiger partial charge >= 0.3 is 0 Å². The molecule has 0 aliphatic heterocycles. The third-order valence-corrected chi connectivity index (χ3v) is 4.84. The summed E-state index contributed by atoms with van der Waals surface area (Å²) in [5.41, 5.74) is 0. The van der Waals surface area contributed by atoms with Gasteiger partial charge in [0.1, 0.15) is 0 Å². The second kappa shape index (κ2) is 16.3. The summed E-state index contributed by atoms with van der Waals surface area (Å²) in [6, 6.07) is 0.774. The number of rotatable bonds is 16. The predicted molar refractivity (Wildman–Crippen MR) is 98.1 cm³/mol. The summed E-state index contributed by atoms with van der Waals surface area (Å²) in [6.07, 6.45) is 19.9. The van der Waals surface area contributed by atoms with E-state index in [2.05, 4.69) is 32.7 Å². The molecule has 128 valence electrons. The summed E-state index contributed by atoms with van der Waals surface area (Å²) in [4.78, 5) is 2.58. The van der Waals surface area contributed by atoms with Gasteiger partial charge in [0.25, 0.3) is 0 Å². The Bertz CT molecular complexity index is 190. The standard InChI is InChI=1S/C20H43N/c1-5-7-9-11-13-14-16-18-20(3)21(4)19-17-15-12-10-8-6-2/h20H,5-19H2,1-4H3. The lowest BCUT2D eigenvalue weighted by atomic mass is 10.0. The van der Waals surface area contributed by atoms with Crippen LogP contribution < -0.4 is 0 Å². The lowest BCUT2D eigenvalue weighted by molar-refractivity contribution is 0.236. The van der Waals surface area contributed by atoms with Gasteiger partial charge in [0.15, 0.2) is 0 Å². The van der Waals surface area contributed by atoms with Crippen molar-refractivity contribution >= 4 is 0 Å². The summed E-state index contributed by atoms with van der Waals surface area (Å²) in [5, 5.41) is 0. The minimum absolute atomic E-state index is 0.774. The maximum absolute atomic E-state index is 2.58. The van der Waals surface area contributed by atoms with Gasteiger partial charge in [-0.3, -0.25) is 0 Å². The van der Waals surface area contributed by atoms with Crippen LogP contribution in [0, 0.1) is 0 Å². The van der Waals surface area contributed by atoms with Crippen LogP contribution in [-0.2, 0) is 0 Å². The van der Waals surface area contributed by atoms with E-state index in [0.29, 0.717) is 0 Å². The minimum Gasteiger partial charge on any atom is -0.304 e. The highest BCUT2D eigenvalue weighted by molar-refractivity contribution is 4.63. The molecule has 0 fully saturated rings. The number of hydrogen-bond donors (Lipinski definition) is 0. The Morgan fingerprint density at radius 1 is 0.619 bits per heavy atom. The van der Waals surface area contributed by atoms with Crippen LogP contribution in [0.5, 0.6) is 0 Å². The SMILES string of the molecule is CCCCCCCCCC(C)N(C)CCCCCCCC. The van der Waals surface area contributed by atoms with Crippen molar-refractivity contribution in [3.05, 3.63) is 0 Å². The van der Waals surface area contributed by atoms with E-state index in [0.717, 1.165) is 6.04 Å². The van der Waals surface area contributed by atoms with Crippen molar-refractivity contribution in [2.75, 3.05) is 13.6 Å². The number of unbranched alkanes of at least 4 members (excludes halogenated alkanes) is 11. The van der Waals surface area contributed by atoms with Crippen molar-refractivity contribution in [3.63, 3.8) is 0 Å². The van der Waals surface area contributed by atoms with Crippen molar-refractivity contribution in [1.29, 1.82) is 0 Å². The van der Waals surface area contributed by atoms with Gasteiger partial charge in [-0.05, 0) is 33.4 Å². The maximum Gasteiger partial charge on any atom is 0.00638 e. The number of hydrogen-bond acceptors (Lipinski definition) is 1. The van der Waals surface area contributed by atoms with Crippen molar-refractivity contribution in [3.8, 4) is 0 Å². The van der Waals surface area contributed by atoms with Gasteiger partial charge in [0.05, 0.1) is 0 Å². The zero-order valence-electron chi connectivity index (χ0n) is 15.6. The van der Waals surface area contributed by atoms with Gasteiger partial charge in [-0.25, -0.2) is 0 Å². The normalized spacial score (nSPS) is 13.0. The van der Waals surface area contributed by atoms with Crippen LogP contribution in [0.25, 0.3) is 0 Å². The quantitative estimate of drug-likeness (QED) is 0.283. The molecule has 0 saturated heterocycles. The van der Waals surface area contributed by atoms with E-state index >= 15 is 0 Å². The highest BCUT2D eigenvalue weighted by Gasteiger charge is 2.08. The molecule has 0 saturated carbocycles. The van der Waals surface area contributed by atoms with Crippen LogP contribution >= 0.6 is 0 Å². The first-order chi connectivity index (χ1) is 10.2. The Labute approximate surface area is 135 Å². The fraction of sp³-hybridized carbons (Fsp3) is 1.00. The molecular weight excluding hydrogens is 254 g/mol. The topological polar surface area (TPSA) is 3.24 Å². The molecule has 0 radical (unpaired) electrons. The number of nitrogens with zero attached hydrogens (tertiary/aromatic N) is 1. The largest absolute Gasteiger partial charge is 0.304 e. The molecule has 0 heterocycles. The van der Waals surface area contributed by atoms with Crippen molar-refractivity contribution in [1.82, 2.24) is 4.90 Å². The summed E-state index contributed by atoms with van der Waals surface area (Å²) >= 11 is 0. The molecule has 0 rings (SSSR count). The van der Waals surface area contributed by atoms with Crippen molar-refractivity contribution < 1.29 is 0 Å². The van der Waals surface area contributed by atoms with Gasteiger partial charge in [-0.2, -0.15) is 0 Å². The van der Waals surface area contributed by atoms with E-state index in [9.17, 15) is 0 Å². The molecule has 1 unspecified atom stereocenters. The second-order valence-corrected chi connectivity index (χ2v) is 7.01. The van der Waals surface area contributed by atoms with Crippen LogP contribution in [0.3, 0.4) is 0 Å². The van der Waals surface area contributed by atoms with E-state index < -0.39 is 0 Å². The predicted octanol–water partition coefficient (Wildman–Crippen LogP) is 6.81. The second-order valence-electron chi connectivity index (χ2n) is 7.01. The van der Waals surface area contributed by atoms with Crippen LogP contribution in [0.15, 0.2) is 0 Å². The molecule has 0 aliphatic rings. The van der Waals surface area contributed by atoms with E-state index in [1.165, 1.54) is 96.4 Å². The highest BCUT2D eigenvalue weighted by atomic mass is 15.1. The first kappa shape index (κ1) is 21.0. The van der Waals surface area contributed by atoms with Gasteiger partial charge in [-0.1, -0.05) is 90.9 Å². The van der Waals surface area contributed by atoms with Crippen molar-refractivity contribution in [2.45, 2.75) is 117 Å². The van der Waals surface area contributed by atoms with Crippen LogP contribution in [0.2, 0.25) is 0 Å². The van der Waals surface area contributed by atoms with Gasteiger partial charge < -0.3 is 4.90 Å². The molecular formula is C20H43N. The molecule has 0 aromatic rings. The first-order valence-electron chi connectivity index (χ1n) is 9.92. The highest BCUT2D eigenvalue weighted by Crippen LogP contribution is 2.13. The van der Waals surface area contributed by atoms with Crippen molar-refractivity contribution in [2.24, 2.45) is 0 Å². The van der Waals surface area contributed by atoms with Gasteiger partial charge in [0.2, 0.25) is 0 Å². The molecule has 0 amide bonds. The summed E-state index contributed by atoms with van der Waals surface area (Å²) in [5.74, 6) is 0. The fourth-order valence-corrected chi connectivity index (χ4v) is 2.98. The average Bonchev–Trinajstić information content (AvgIpc) is 2.49. The first-order valence-corrected chi connectivity index (χ1v) is 9.92. The molecule has 0 N–H and O–H groups in total. The maximum atomic E-state index is 2.58. The van der Waals surface area contributed by atoms with E-state index in [-0.39, 0.29) is 0 Å². The fourth-order valence-electron chi connectivity index (χ4n) is 2.98. The molecule has 0 aromatic carbocycles. The summed E-state index contributed by atoms with van der Waals surface area (Å²) in [6.45, 7) is 8.29. The smallest absolute Gasteiger partial charge is 0.00638 e. The Kier molecular flexibility index (Phi) is 16.3. The zero-order valence-corrected chi connectivity index (χ0v) is 15.6. The van der Waals surface area contributed by atoms with Gasteiger partial charge in [-0.15, -0.1) is 0 Å². The summed E-state index contributed by atoms with van der Waals surface area (Å²) < 4.78 is 0. The Morgan fingerprint density at radius 2 is 1.05 bits per heavy atom. The third-order valence-electron chi connectivity index (χ3n) is 4.84. The molecule has 0 bridgehead atoms. The van der Waals surface area contributed by atoms with Crippen LogP contribution in [0.4, 0.5) is 0 Å². The monoisotopic (exact) mass is 297 g/mol. The minimum atomic E-state index is 0.774. The molecule has 0 aromatic heterocycles. The van der Waals surface area contributed by atoms with E-state index in [4.69, 9.17) is 0 Å². The average molecular weight is 298 g/mol. The molecule has 1 heteroatoms. The summed E-state index contributed by atoms with van der Waals surface area (Å²) in [7, 11) is 2.32. The molecule has 0 spiro atoms.